The molecule has 0 bridgehead atoms. The number of aryl methyl sites for hydroxylation is 1. The Balaban J connectivity index is 1.64. The van der Waals surface area contributed by atoms with Crippen LogP contribution in [0.15, 0.2) is 17.3 Å². The molecule has 3 rings (SSSR count). The molecular formula is C14H23N5O. The van der Waals surface area contributed by atoms with E-state index in [1.165, 1.54) is 5.69 Å². The fraction of sp³-hybridized carbons (Fsp3) is 0.714. The summed E-state index contributed by atoms with van der Waals surface area (Å²) in [5.41, 5.74) is 1.19. The third kappa shape index (κ3) is 2.52. The van der Waals surface area contributed by atoms with Crippen molar-refractivity contribution in [1.82, 2.24) is 20.0 Å². The van der Waals surface area contributed by atoms with Crippen molar-refractivity contribution in [2.75, 3.05) is 33.3 Å². The molecule has 2 aliphatic rings. The van der Waals surface area contributed by atoms with E-state index in [0.29, 0.717) is 5.92 Å². The Bertz CT molecular complexity index is 484. The van der Waals surface area contributed by atoms with Crippen LogP contribution in [-0.2, 0) is 11.3 Å². The van der Waals surface area contributed by atoms with Gasteiger partial charge in [-0.1, -0.05) is 0 Å². The van der Waals surface area contributed by atoms with Crippen LogP contribution in [0.4, 0.5) is 0 Å². The molecule has 1 N–H and O–H groups in total. The number of guanidine groups is 1. The minimum Gasteiger partial charge on any atom is -0.372 e. The van der Waals surface area contributed by atoms with E-state index in [1.807, 2.05) is 10.9 Å². The number of likely N-dealkylation sites (N-methyl/N-ethyl adjacent to an activating group) is 1. The van der Waals surface area contributed by atoms with E-state index in [2.05, 4.69) is 40.3 Å². The molecule has 0 spiro atoms. The lowest BCUT2D eigenvalue weighted by molar-refractivity contribution is 0.0839. The summed E-state index contributed by atoms with van der Waals surface area (Å²) in [5, 5.41) is 7.82. The Kier molecular flexibility index (Phi) is 3.91. The monoisotopic (exact) mass is 277 g/mol. The van der Waals surface area contributed by atoms with E-state index in [4.69, 9.17) is 4.74 Å². The van der Waals surface area contributed by atoms with Gasteiger partial charge in [-0.15, -0.1) is 0 Å². The van der Waals surface area contributed by atoms with Gasteiger partial charge >= 0.3 is 0 Å². The normalized spacial score (nSPS) is 26.1. The molecular weight excluding hydrogens is 254 g/mol. The van der Waals surface area contributed by atoms with Gasteiger partial charge < -0.3 is 15.0 Å². The van der Waals surface area contributed by atoms with Gasteiger partial charge in [-0.2, -0.15) is 5.10 Å². The highest BCUT2D eigenvalue weighted by molar-refractivity contribution is 5.81. The van der Waals surface area contributed by atoms with Crippen molar-refractivity contribution in [3.8, 4) is 0 Å². The summed E-state index contributed by atoms with van der Waals surface area (Å²) in [6, 6.07) is 2.08. The Morgan fingerprint density at radius 2 is 2.40 bits per heavy atom. The zero-order valence-corrected chi connectivity index (χ0v) is 12.2. The SMILES string of the molecule is CCn1nccc1[C@@H]1OCC[C@H]1CNC1=NCCN1C. The van der Waals surface area contributed by atoms with Crippen LogP contribution in [0.1, 0.15) is 25.1 Å². The molecule has 0 radical (unpaired) electrons. The standard InChI is InChI=1S/C14H23N5O/c1-3-19-12(4-6-17-19)13-11(5-9-20-13)10-16-14-15-7-8-18(14)2/h4,6,11,13H,3,5,7-10H2,1-2H3,(H,15,16)/t11-,13+/m0/s1. The third-order valence-electron chi connectivity index (χ3n) is 4.14. The molecule has 1 saturated heterocycles. The predicted molar refractivity (Wildman–Crippen MR) is 77.6 cm³/mol. The largest absolute Gasteiger partial charge is 0.372 e. The summed E-state index contributed by atoms with van der Waals surface area (Å²) in [5.74, 6) is 1.49. The summed E-state index contributed by atoms with van der Waals surface area (Å²) in [7, 11) is 2.08. The molecule has 110 valence electrons. The zero-order chi connectivity index (χ0) is 13.9. The van der Waals surface area contributed by atoms with E-state index in [1.54, 1.807) is 0 Å². The van der Waals surface area contributed by atoms with E-state index in [9.17, 15) is 0 Å². The van der Waals surface area contributed by atoms with Gasteiger partial charge in [0.2, 0.25) is 0 Å². The van der Waals surface area contributed by atoms with Crippen LogP contribution in [0.2, 0.25) is 0 Å². The average molecular weight is 277 g/mol. The van der Waals surface area contributed by atoms with Crippen molar-refractivity contribution < 1.29 is 4.74 Å². The number of aliphatic imine (C=N–C) groups is 1. The number of aromatic nitrogens is 2. The van der Waals surface area contributed by atoms with Crippen molar-refractivity contribution in [2.24, 2.45) is 10.9 Å². The lowest BCUT2D eigenvalue weighted by atomic mass is 9.99. The first-order valence-electron chi connectivity index (χ1n) is 7.42. The highest BCUT2D eigenvalue weighted by Gasteiger charge is 2.32. The topological polar surface area (TPSA) is 54.7 Å². The first-order valence-corrected chi connectivity index (χ1v) is 7.42. The minimum atomic E-state index is 0.150. The average Bonchev–Trinajstić information content (AvgIpc) is 3.16. The van der Waals surface area contributed by atoms with Crippen LogP contribution in [0.25, 0.3) is 0 Å². The van der Waals surface area contributed by atoms with Gasteiger partial charge in [-0.3, -0.25) is 9.67 Å². The second kappa shape index (κ2) is 5.83. The Morgan fingerprint density at radius 3 is 3.15 bits per heavy atom. The van der Waals surface area contributed by atoms with Gasteiger partial charge in [0.05, 0.1) is 12.2 Å². The fourth-order valence-corrected chi connectivity index (χ4v) is 2.96. The van der Waals surface area contributed by atoms with Crippen molar-refractivity contribution in [3.63, 3.8) is 0 Å². The zero-order valence-electron chi connectivity index (χ0n) is 12.2. The smallest absolute Gasteiger partial charge is 0.193 e. The Morgan fingerprint density at radius 1 is 1.50 bits per heavy atom. The molecule has 2 atom stereocenters. The maximum absolute atomic E-state index is 5.94. The fourth-order valence-electron chi connectivity index (χ4n) is 2.96. The molecule has 0 saturated carbocycles. The van der Waals surface area contributed by atoms with Crippen molar-refractivity contribution in [2.45, 2.75) is 26.0 Å². The van der Waals surface area contributed by atoms with Gasteiger partial charge in [-0.05, 0) is 19.4 Å². The molecule has 0 aromatic carbocycles. The van der Waals surface area contributed by atoms with Gasteiger partial charge in [0.15, 0.2) is 5.96 Å². The second-order valence-corrected chi connectivity index (χ2v) is 5.42. The van der Waals surface area contributed by atoms with Crippen molar-refractivity contribution >= 4 is 5.96 Å². The first kappa shape index (κ1) is 13.4. The van der Waals surface area contributed by atoms with Crippen LogP contribution in [0.3, 0.4) is 0 Å². The molecule has 1 aromatic heterocycles. The lowest BCUT2D eigenvalue weighted by Gasteiger charge is -2.22. The maximum atomic E-state index is 5.94. The third-order valence-corrected chi connectivity index (χ3v) is 4.14. The molecule has 1 aromatic rings. The maximum Gasteiger partial charge on any atom is 0.193 e. The van der Waals surface area contributed by atoms with E-state index in [-0.39, 0.29) is 6.10 Å². The van der Waals surface area contributed by atoms with Gasteiger partial charge in [0.25, 0.3) is 0 Å². The number of hydrogen-bond acceptors (Lipinski definition) is 5. The molecule has 1 fully saturated rings. The van der Waals surface area contributed by atoms with Crippen LogP contribution >= 0.6 is 0 Å². The van der Waals surface area contributed by atoms with Crippen LogP contribution in [0, 0.1) is 5.92 Å². The van der Waals surface area contributed by atoms with Crippen molar-refractivity contribution in [1.29, 1.82) is 0 Å². The number of hydrogen-bond donors (Lipinski definition) is 1. The lowest BCUT2D eigenvalue weighted by Crippen LogP contribution is -2.38. The molecule has 6 heteroatoms. The molecule has 0 unspecified atom stereocenters. The molecule has 20 heavy (non-hydrogen) atoms. The van der Waals surface area contributed by atoms with Crippen molar-refractivity contribution in [3.05, 3.63) is 18.0 Å². The van der Waals surface area contributed by atoms with Gasteiger partial charge in [0.1, 0.15) is 6.10 Å². The Hall–Kier alpha value is -1.56. The number of rotatable bonds is 4. The molecule has 3 heterocycles. The predicted octanol–water partition coefficient (Wildman–Crippen LogP) is 0.872. The van der Waals surface area contributed by atoms with Crippen LogP contribution < -0.4 is 5.32 Å². The summed E-state index contributed by atoms with van der Waals surface area (Å²) >= 11 is 0. The summed E-state index contributed by atoms with van der Waals surface area (Å²) in [6.45, 7) is 6.64. The summed E-state index contributed by atoms with van der Waals surface area (Å²) < 4.78 is 7.97. The number of ether oxygens (including phenoxy) is 1. The number of nitrogens with zero attached hydrogens (tertiary/aromatic N) is 4. The van der Waals surface area contributed by atoms with E-state index in [0.717, 1.165) is 45.2 Å². The molecule has 2 aliphatic heterocycles. The molecule has 0 aliphatic carbocycles. The number of nitrogens with one attached hydrogen (secondary N) is 1. The second-order valence-electron chi connectivity index (χ2n) is 5.42. The van der Waals surface area contributed by atoms with Gasteiger partial charge in [0, 0.05) is 45.4 Å². The van der Waals surface area contributed by atoms with Crippen LogP contribution in [0.5, 0.6) is 0 Å². The van der Waals surface area contributed by atoms with Gasteiger partial charge in [-0.25, -0.2) is 0 Å². The minimum absolute atomic E-state index is 0.150. The highest BCUT2D eigenvalue weighted by atomic mass is 16.5. The molecule has 6 nitrogen and oxygen atoms in total. The van der Waals surface area contributed by atoms with Crippen LogP contribution in [-0.4, -0.2) is 53.9 Å². The summed E-state index contributed by atoms with van der Waals surface area (Å²) in [6.07, 6.45) is 3.10. The summed E-state index contributed by atoms with van der Waals surface area (Å²) in [4.78, 5) is 6.64. The van der Waals surface area contributed by atoms with E-state index >= 15 is 0 Å². The highest BCUT2D eigenvalue weighted by Crippen LogP contribution is 2.33. The Labute approximate surface area is 119 Å². The van der Waals surface area contributed by atoms with E-state index < -0.39 is 0 Å². The quantitative estimate of drug-likeness (QED) is 0.887. The first-order chi connectivity index (χ1) is 9.79. The molecule has 0 amide bonds.